The molecule has 0 aromatic heterocycles. The maximum atomic E-state index is 14.2. The molecule has 1 aliphatic heterocycles. The number of nitrogens with two attached hydrogens (primary N) is 1. The van der Waals surface area contributed by atoms with Crippen molar-refractivity contribution in [1.82, 2.24) is 0 Å². The Bertz CT molecular complexity index is 1730. The summed E-state index contributed by atoms with van der Waals surface area (Å²) in [5.74, 6) is -0.491. The molecule has 2 N–H and O–H groups in total. The fraction of sp³-hybridized carbons (Fsp3) is 0.294. The third-order valence-electron chi connectivity index (χ3n) is 8.09. The van der Waals surface area contributed by atoms with Gasteiger partial charge < -0.3 is 10.5 Å². The van der Waals surface area contributed by atoms with Gasteiger partial charge in [0.05, 0.1) is 33.3 Å². The minimum absolute atomic E-state index is 0.0356. The van der Waals surface area contributed by atoms with Gasteiger partial charge in [-0.25, -0.2) is 0 Å². The van der Waals surface area contributed by atoms with Crippen molar-refractivity contribution in [2.45, 2.75) is 59.2 Å². The molecule has 1 heterocycles. The normalized spacial score (nSPS) is 18.4. The van der Waals surface area contributed by atoms with Gasteiger partial charge in [-0.15, -0.1) is 0 Å². The number of para-hydroxylation sites is 2. The van der Waals surface area contributed by atoms with Crippen molar-refractivity contribution in [3.63, 3.8) is 0 Å². The third kappa shape index (κ3) is 5.68. The van der Waals surface area contributed by atoms with Gasteiger partial charge in [-0.2, -0.15) is 18.4 Å². The van der Waals surface area contributed by atoms with E-state index in [1.54, 1.807) is 0 Å². The van der Waals surface area contributed by atoms with Crippen LogP contribution in [0.15, 0.2) is 87.8 Å². The summed E-state index contributed by atoms with van der Waals surface area (Å²) in [6.07, 6.45) is -4.18. The number of rotatable bonds is 5. The largest absolute Gasteiger partial charge is 0.488 e. The number of carbonyl (C=O) groups excluding carboxylic acids is 1. The van der Waals surface area contributed by atoms with Crippen molar-refractivity contribution in [3.05, 3.63) is 116 Å². The van der Waals surface area contributed by atoms with Crippen molar-refractivity contribution >= 4 is 27.4 Å². The predicted molar refractivity (Wildman–Crippen MR) is 163 cm³/mol. The van der Waals surface area contributed by atoms with Crippen LogP contribution in [-0.4, -0.2) is 5.78 Å². The molecular weight excluding hydrogens is 619 g/mol. The first kappa shape index (κ1) is 30.4. The number of allylic oxidation sites excluding steroid dienone is 3. The Kier molecular flexibility index (Phi) is 7.95. The molecule has 0 saturated carbocycles. The molecule has 0 saturated heterocycles. The number of ketones is 1. The Hall–Kier alpha value is -4.03. The van der Waals surface area contributed by atoms with Crippen molar-refractivity contribution in [2.24, 2.45) is 11.1 Å². The van der Waals surface area contributed by atoms with Gasteiger partial charge in [-0.3, -0.25) is 9.69 Å². The molecule has 5 rings (SSSR count). The zero-order valence-corrected chi connectivity index (χ0v) is 25.9. The van der Waals surface area contributed by atoms with Crippen LogP contribution >= 0.6 is 15.9 Å². The number of nitrogens with zero attached hydrogens (tertiary/aromatic N) is 2. The predicted octanol–water partition coefficient (Wildman–Crippen LogP) is 8.60. The van der Waals surface area contributed by atoms with E-state index in [1.165, 1.54) is 23.1 Å². The first-order valence-corrected chi connectivity index (χ1v) is 14.6. The second kappa shape index (κ2) is 11.2. The standard InChI is InChI=1S/C34H31BrF3N3O2/c1-19-13-20(2)22(14-21(19)18-43-29-12-8-6-10-25(29)35)30-23(17-39)32(40)41(26-11-7-5-9-24(26)34(36,37)38)27-15-33(3,4)16-28(42)31(27)30/h5-14,30H,15-16,18,40H2,1-4H3. The van der Waals surface area contributed by atoms with Crippen molar-refractivity contribution < 1.29 is 22.7 Å². The van der Waals surface area contributed by atoms with E-state index in [4.69, 9.17) is 10.5 Å². The molecule has 1 unspecified atom stereocenters. The topological polar surface area (TPSA) is 79.4 Å². The monoisotopic (exact) mass is 649 g/mol. The zero-order valence-electron chi connectivity index (χ0n) is 24.3. The zero-order chi connectivity index (χ0) is 31.3. The first-order valence-electron chi connectivity index (χ1n) is 13.8. The van der Waals surface area contributed by atoms with Gasteiger partial charge in [0.15, 0.2) is 5.78 Å². The van der Waals surface area contributed by atoms with Gasteiger partial charge in [0, 0.05) is 17.7 Å². The molecule has 0 fully saturated rings. The van der Waals surface area contributed by atoms with Crippen LogP contribution in [0.2, 0.25) is 0 Å². The molecule has 3 aromatic rings. The summed E-state index contributed by atoms with van der Waals surface area (Å²) in [6, 6.07) is 18.7. The molecule has 5 nitrogen and oxygen atoms in total. The second-order valence-corrected chi connectivity index (χ2v) is 12.7. The highest BCUT2D eigenvalue weighted by molar-refractivity contribution is 9.10. The number of benzene rings is 3. The lowest BCUT2D eigenvalue weighted by molar-refractivity contribution is -0.137. The van der Waals surface area contributed by atoms with Crippen LogP contribution in [0.4, 0.5) is 18.9 Å². The highest BCUT2D eigenvalue weighted by Crippen LogP contribution is 2.52. The molecule has 2 aliphatic rings. The molecule has 43 heavy (non-hydrogen) atoms. The van der Waals surface area contributed by atoms with E-state index in [2.05, 4.69) is 22.0 Å². The highest BCUT2D eigenvalue weighted by Gasteiger charge is 2.46. The lowest BCUT2D eigenvalue weighted by atomic mass is 9.68. The SMILES string of the molecule is Cc1cc(C)c(C2C(C#N)=C(N)N(c3ccccc3C(F)(F)F)C3=C2C(=O)CC(C)(C)C3)cc1COc1ccccc1Br. The van der Waals surface area contributed by atoms with Crippen LogP contribution in [0.5, 0.6) is 5.75 Å². The number of nitriles is 1. The van der Waals surface area contributed by atoms with Crippen LogP contribution in [0.3, 0.4) is 0 Å². The number of carbonyl (C=O) groups is 1. The fourth-order valence-corrected chi connectivity index (χ4v) is 6.50. The Morgan fingerprint density at radius 2 is 1.74 bits per heavy atom. The number of aryl methyl sites for hydroxylation is 2. The van der Waals surface area contributed by atoms with Gasteiger partial charge in [0.1, 0.15) is 18.2 Å². The number of ether oxygens (including phenoxy) is 1. The van der Waals surface area contributed by atoms with E-state index in [0.717, 1.165) is 27.2 Å². The van der Waals surface area contributed by atoms with Crippen LogP contribution in [0.1, 0.15) is 60.4 Å². The number of hydrogen-bond donors (Lipinski definition) is 1. The summed E-state index contributed by atoms with van der Waals surface area (Å²) in [7, 11) is 0. The Morgan fingerprint density at radius 3 is 2.42 bits per heavy atom. The molecule has 222 valence electrons. The molecule has 0 bridgehead atoms. The summed E-state index contributed by atoms with van der Waals surface area (Å²) in [4.78, 5) is 15.2. The van der Waals surface area contributed by atoms with E-state index in [-0.39, 0.29) is 35.9 Å². The summed E-state index contributed by atoms with van der Waals surface area (Å²) in [5.41, 5.74) is 9.11. The quantitative estimate of drug-likeness (QED) is 0.299. The molecule has 0 radical (unpaired) electrons. The van der Waals surface area contributed by atoms with E-state index in [1.807, 2.05) is 64.1 Å². The number of anilines is 1. The van der Waals surface area contributed by atoms with Crippen molar-refractivity contribution in [1.29, 1.82) is 5.26 Å². The second-order valence-electron chi connectivity index (χ2n) is 11.8. The van der Waals surface area contributed by atoms with E-state index in [9.17, 15) is 23.2 Å². The third-order valence-corrected chi connectivity index (χ3v) is 8.74. The van der Waals surface area contributed by atoms with Gasteiger partial charge in [0.2, 0.25) is 0 Å². The van der Waals surface area contributed by atoms with Crippen LogP contribution in [-0.2, 0) is 17.6 Å². The van der Waals surface area contributed by atoms with E-state index in [0.29, 0.717) is 29.0 Å². The van der Waals surface area contributed by atoms with E-state index < -0.39 is 23.1 Å². The molecular formula is C34H31BrF3N3O2. The Morgan fingerprint density at radius 1 is 1.07 bits per heavy atom. The van der Waals surface area contributed by atoms with Gasteiger partial charge in [-0.05, 0) is 88.1 Å². The van der Waals surface area contributed by atoms with Gasteiger partial charge >= 0.3 is 6.18 Å². The lowest BCUT2D eigenvalue weighted by Crippen LogP contribution is -2.42. The molecule has 9 heteroatoms. The van der Waals surface area contributed by atoms with E-state index >= 15 is 0 Å². The number of hydrogen-bond acceptors (Lipinski definition) is 5. The number of halogens is 4. The summed E-state index contributed by atoms with van der Waals surface area (Å²) >= 11 is 3.50. The molecule has 3 aromatic carbocycles. The smallest absolute Gasteiger partial charge is 0.418 e. The Labute approximate surface area is 257 Å². The lowest BCUT2D eigenvalue weighted by Gasteiger charge is -2.44. The number of Topliss-reactive ketones (excluding diaryl/α,β-unsaturated/α-hetero) is 1. The molecule has 0 amide bonds. The molecule has 1 aliphatic carbocycles. The van der Waals surface area contributed by atoms with Gasteiger partial charge in [-0.1, -0.05) is 50.2 Å². The average Bonchev–Trinajstić information content (AvgIpc) is 2.92. The maximum absolute atomic E-state index is 14.2. The summed E-state index contributed by atoms with van der Waals surface area (Å²) < 4.78 is 49.5. The minimum atomic E-state index is -4.67. The molecule has 1 atom stereocenters. The van der Waals surface area contributed by atoms with Crippen LogP contribution in [0.25, 0.3) is 0 Å². The van der Waals surface area contributed by atoms with Crippen LogP contribution in [0, 0.1) is 30.6 Å². The Balaban J connectivity index is 1.71. The van der Waals surface area contributed by atoms with Crippen LogP contribution < -0.4 is 15.4 Å². The first-order chi connectivity index (χ1) is 20.2. The minimum Gasteiger partial charge on any atom is -0.488 e. The average molecular weight is 651 g/mol. The molecule has 0 spiro atoms. The van der Waals surface area contributed by atoms with Crippen molar-refractivity contribution in [3.8, 4) is 11.8 Å². The van der Waals surface area contributed by atoms with Gasteiger partial charge in [0.25, 0.3) is 0 Å². The van der Waals surface area contributed by atoms with Crippen molar-refractivity contribution in [2.75, 3.05) is 4.90 Å². The summed E-state index contributed by atoms with van der Waals surface area (Å²) in [6.45, 7) is 7.90. The summed E-state index contributed by atoms with van der Waals surface area (Å²) in [5, 5.41) is 10.5. The maximum Gasteiger partial charge on any atom is 0.418 e. The fourth-order valence-electron chi connectivity index (χ4n) is 6.10. The highest BCUT2D eigenvalue weighted by atomic mass is 79.9. The number of alkyl halides is 3.